The normalized spacial score (nSPS) is 25.2. The molecule has 1 aromatic rings. The van der Waals surface area contributed by atoms with Crippen LogP contribution in [0.3, 0.4) is 0 Å². The molecule has 1 aliphatic rings. The number of hydrogen-bond donors (Lipinski definition) is 3. The van der Waals surface area contributed by atoms with Gasteiger partial charge in [0, 0.05) is 12.1 Å². The van der Waals surface area contributed by atoms with Gasteiger partial charge in [0.05, 0.1) is 6.20 Å². The molecular formula is C11H20N4O2S. The molecule has 0 spiro atoms. The first kappa shape index (κ1) is 13.5. The summed E-state index contributed by atoms with van der Waals surface area (Å²) in [5, 5.41) is 3.38. The van der Waals surface area contributed by atoms with Crippen LogP contribution in [-0.2, 0) is 10.0 Å². The molecule has 1 saturated carbocycles. The third kappa shape index (κ3) is 3.09. The minimum Gasteiger partial charge on any atom is -0.332 e. The van der Waals surface area contributed by atoms with Crippen LogP contribution >= 0.6 is 0 Å². The maximum atomic E-state index is 12.1. The molecule has 1 aromatic heterocycles. The zero-order chi connectivity index (χ0) is 13.2. The van der Waals surface area contributed by atoms with Crippen molar-refractivity contribution in [2.24, 2.45) is 0 Å². The predicted molar refractivity (Wildman–Crippen MR) is 68.7 cm³/mol. The van der Waals surface area contributed by atoms with Crippen molar-refractivity contribution in [1.82, 2.24) is 20.0 Å². The van der Waals surface area contributed by atoms with E-state index in [-0.39, 0.29) is 11.1 Å². The maximum absolute atomic E-state index is 12.1. The predicted octanol–water partition coefficient (Wildman–Crippen LogP) is 0.527. The molecular weight excluding hydrogens is 252 g/mol. The second-order valence-corrected chi connectivity index (χ2v) is 6.47. The van der Waals surface area contributed by atoms with Gasteiger partial charge in [0.25, 0.3) is 10.0 Å². The Labute approximate surface area is 108 Å². The topological polar surface area (TPSA) is 86.9 Å². The van der Waals surface area contributed by atoms with Gasteiger partial charge in [0.2, 0.25) is 0 Å². The van der Waals surface area contributed by atoms with Gasteiger partial charge in [-0.05, 0) is 39.7 Å². The molecule has 0 aromatic carbocycles. The number of aromatic amines is 1. The van der Waals surface area contributed by atoms with Gasteiger partial charge in [-0.15, -0.1) is 0 Å². The fourth-order valence-corrected chi connectivity index (χ4v) is 3.59. The van der Waals surface area contributed by atoms with Crippen molar-refractivity contribution in [2.75, 3.05) is 7.05 Å². The molecule has 0 aliphatic heterocycles. The molecule has 7 heteroatoms. The second kappa shape index (κ2) is 5.38. The Balaban J connectivity index is 1.97. The molecule has 1 fully saturated rings. The third-order valence-electron chi connectivity index (χ3n) is 3.43. The van der Waals surface area contributed by atoms with Gasteiger partial charge in [0.1, 0.15) is 5.82 Å². The molecule has 0 atom stereocenters. The quantitative estimate of drug-likeness (QED) is 0.746. The summed E-state index contributed by atoms with van der Waals surface area (Å²) in [7, 11) is -1.50. The number of aromatic nitrogens is 2. The highest BCUT2D eigenvalue weighted by atomic mass is 32.2. The highest BCUT2D eigenvalue weighted by Crippen LogP contribution is 2.20. The minimum atomic E-state index is -3.45. The molecule has 3 N–H and O–H groups in total. The Morgan fingerprint density at radius 2 is 1.89 bits per heavy atom. The summed E-state index contributed by atoms with van der Waals surface area (Å²) < 4.78 is 26.9. The number of sulfonamides is 1. The summed E-state index contributed by atoms with van der Waals surface area (Å²) in [6, 6.07) is 0.545. The van der Waals surface area contributed by atoms with Crippen LogP contribution in [0.1, 0.15) is 31.5 Å². The van der Waals surface area contributed by atoms with Crippen LogP contribution in [-0.4, -0.2) is 37.5 Å². The fourth-order valence-electron chi connectivity index (χ4n) is 2.32. The van der Waals surface area contributed by atoms with Crippen molar-refractivity contribution >= 4 is 10.0 Å². The van der Waals surface area contributed by atoms with Crippen molar-refractivity contribution < 1.29 is 8.42 Å². The Bertz CT molecular complexity index is 489. The number of imidazole rings is 1. The maximum Gasteiger partial charge on any atom is 0.257 e. The molecule has 0 bridgehead atoms. The summed E-state index contributed by atoms with van der Waals surface area (Å²) in [5.41, 5.74) is 0. The number of aryl methyl sites for hydroxylation is 1. The summed E-state index contributed by atoms with van der Waals surface area (Å²) in [6.07, 6.45) is 5.12. The monoisotopic (exact) mass is 272 g/mol. The van der Waals surface area contributed by atoms with E-state index in [1.165, 1.54) is 6.20 Å². The van der Waals surface area contributed by atoms with E-state index in [0.717, 1.165) is 25.7 Å². The van der Waals surface area contributed by atoms with E-state index in [1.807, 2.05) is 7.05 Å². The Morgan fingerprint density at radius 3 is 2.39 bits per heavy atom. The lowest BCUT2D eigenvalue weighted by molar-refractivity contribution is 0.342. The molecule has 6 nitrogen and oxygen atoms in total. The van der Waals surface area contributed by atoms with Gasteiger partial charge in [-0.3, -0.25) is 0 Å². The Kier molecular flexibility index (Phi) is 4.04. The molecule has 18 heavy (non-hydrogen) atoms. The summed E-state index contributed by atoms with van der Waals surface area (Å²) in [6.45, 7) is 1.73. The average molecular weight is 272 g/mol. The number of nitrogens with one attached hydrogen (secondary N) is 3. The van der Waals surface area contributed by atoms with Crippen molar-refractivity contribution in [2.45, 2.75) is 49.7 Å². The van der Waals surface area contributed by atoms with Gasteiger partial charge in [0.15, 0.2) is 5.03 Å². The van der Waals surface area contributed by atoms with E-state index in [0.29, 0.717) is 11.9 Å². The van der Waals surface area contributed by atoms with Gasteiger partial charge in [-0.1, -0.05) is 0 Å². The highest BCUT2D eigenvalue weighted by molar-refractivity contribution is 7.89. The van der Waals surface area contributed by atoms with E-state index >= 15 is 0 Å². The molecule has 0 unspecified atom stereocenters. The van der Waals surface area contributed by atoms with Crippen molar-refractivity contribution in [3.63, 3.8) is 0 Å². The first-order chi connectivity index (χ1) is 8.51. The standard InChI is InChI=1S/C11H20N4O2S/c1-8-13-7-11(14-8)18(16,17)15-10-5-3-9(12-2)4-6-10/h7,9-10,12,15H,3-6H2,1-2H3,(H,13,14). The number of hydrogen-bond acceptors (Lipinski definition) is 4. The van der Waals surface area contributed by atoms with Gasteiger partial charge in [-0.25, -0.2) is 18.1 Å². The molecule has 0 saturated heterocycles. The van der Waals surface area contributed by atoms with Crippen LogP contribution in [0.5, 0.6) is 0 Å². The SMILES string of the molecule is CNC1CCC(NS(=O)(=O)c2cnc(C)[nH]2)CC1. The van der Waals surface area contributed by atoms with E-state index in [2.05, 4.69) is 20.0 Å². The zero-order valence-electron chi connectivity index (χ0n) is 10.7. The number of rotatable bonds is 4. The summed E-state index contributed by atoms with van der Waals surface area (Å²) in [4.78, 5) is 6.67. The summed E-state index contributed by atoms with van der Waals surface area (Å²) >= 11 is 0. The number of H-pyrrole nitrogens is 1. The van der Waals surface area contributed by atoms with Gasteiger partial charge in [-0.2, -0.15) is 0 Å². The van der Waals surface area contributed by atoms with Crippen LogP contribution < -0.4 is 10.0 Å². The Morgan fingerprint density at radius 1 is 1.28 bits per heavy atom. The molecule has 1 heterocycles. The first-order valence-corrected chi connectivity index (χ1v) is 7.71. The van der Waals surface area contributed by atoms with E-state index in [4.69, 9.17) is 0 Å². The van der Waals surface area contributed by atoms with Crippen molar-refractivity contribution in [3.8, 4) is 0 Å². The lowest BCUT2D eigenvalue weighted by Crippen LogP contribution is -2.41. The molecule has 2 rings (SSSR count). The second-order valence-electron chi connectivity index (χ2n) is 4.79. The molecule has 1 aliphatic carbocycles. The van der Waals surface area contributed by atoms with E-state index in [1.54, 1.807) is 6.92 Å². The summed E-state index contributed by atoms with van der Waals surface area (Å²) in [5.74, 6) is 0.606. The number of nitrogens with zero attached hydrogens (tertiary/aromatic N) is 1. The molecule has 0 amide bonds. The molecule has 0 radical (unpaired) electrons. The highest BCUT2D eigenvalue weighted by Gasteiger charge is 2.25. The zero-order valence-corrected chi connectivity index (χ0v) is 11.5. The smallest absolute Gasteiger partial charge is 0.257 e. The van der Waals surface area contributed by atoms with Gasteiger partial charge < -0.3 is 10.3 Å². The molecule has 102 valence electrons. The van der Waals surface area contributed by atoms with Crippen molar-refractivity contribution in [3.05, 3.63) is 12.0 Å². The van der Waals surface area contributed by atoms with Crippen molar-refractivity contribution in [1.29, 1.82) is 0 Å². The third-order valence-corrected chi connectivity index (χ3v) is 4.86. The lowest BCUT2D eigenvalue weighted by atomic mass is 9.92. The van der Waals surface area contributed by atoms with E-state index < -0.39 is 10.0 Å². The largest absolute Gasteiger partial charge is 0.332 e. The lowest BCUT2D eigenvalue weighted by Gasteiger charge is -2.28. The van der Waals surface area contributed by atoms with Gasteiger partial charge >= 0.3 is 0 Å². The first-order valence-electron chi connectivity index (χ1n) is 6.22. The van der Waals surface area contributed by atoms with Crippen LogP contribution in [0.4, 0.5) is 0 Å². The fraction of sp³-hybridized carbons (Fsp3) is 0.727. The minimum absolute atomic E-state index is 0.0307. The Hall–Kier alpha value is -0.920. The van der Waals surface area contributed by atoms with Crippen LogP contribution in [0.25, 0.3) is 0 Å². The van der Waals surface area contributed by atoms with E-state index in [9.17, 15) is 8.42 Å². The van der Waals surface area contributed by atoms with Crippen LogP contribution in [0.2, 0.25) is 0 Å². The van der Waals surface area contributed by atoms with Crippen LogP contribution in [0.15, 0.2) is 11.2 Å². The van der Waals surface area contributed by atoms with Crippen LogP contribution in [0, 0.1) is 6.92 Å². The average Bonchev–Trinajstić information content (AvgIpc) is 2.77.